The van der Waals surface area contributed by atoms with Gasteiger partial charge in [-0.1, -0.05) is 13.0 Å². The molecule has 0 saturated carbocycles. The summed E-state index contributed by atoms with van der Waals surface area (Å²) in [4.78, 5) is 15.2. The van der Waals surface area contributed by atoms with Gasteiger partial charge in [-0.05, 0) is 38.3 Å². The molecule has 1 aromatic heterocycles. The summed E-state index contributed by atoms with van der Waals surface area (Å²) in [5.74, 6) is 0. The Morgan fingerprint density at radius 2 is 2.11 bits per heavy atom. The molecule has 0 spiro atoms. The van der Waals surface area contributed by atoms with Crippen LogP contribution in [0.3, 0.4) is 0 Å². The standard InChI is InChI=1S/C14H25N3OS/c1-4-17(12(2)3)10-9-16-14(18)15-8-7-13-6-5-11-19-13/h5-6,11-12H,4,7-10H2,1-3H3,(H2,15,16,18). The number of carbonyl (C=O) groups is 1. The molecule has 0 aliphatic rings. The molecule has 0 atom stereocenters. The molecule has 2 amide bonds. The van der Waals surface area contributed by atoms with E-state index < -0.39 is 0 Å². The minimum absolute atomic E-state index is 0.0728. The molecule has 0 radical (unpaired) electrons. The largest absolute Gasteiger partial charge is 0.338 e. The topological polar surface area (TPSA) is 44.4 Å². The number of likely N-dealkylation sites (N-methyl/N-ethyl adjacent to an activating group) is 1. The second-order valence-corrected chi connectivity index (χ2v) is 5.77. The third kappa shape index (κ3) is 6.59. The first-order valence-corrected chi connectivity index (χ1v) is 7.79. The van der Waals surface area contributed by atoms with E-state index >= 15 is 0 Å². The molecule has 19 heavy (non-hydrogen) atoms. The average Bonchev–Trinajstić information content (AvgIpc) is 2.87. The number of amides is 2. The van der Waals surface area contributed by atoms with E-state index in [9.17, 15) is 4.79 Å². The van der Waals surface area contributed by atoms with E-state index in [1.165, 1.54) is 4.88 Å². The predicted molar refractivity (Wildman–Crippen MR) is 81.8 cm³/mol. The highest BCUT2D eigenvalue weighted by Gasteiger charge is 2.06. The van der Waals surface area contributed by atoms with Crippen molar-refractivity contribution < 1.29 is 4.79 Å². The fraction of sp³-hybridized carbons (Fsp3) is 0.643. The van der Waals surface area contributed by atoms with Crippen LogP contribution in [-0.2, 0) is 6.42 Å². The fourth-order valence-corrected chi connectivity index (χ4v) is 2.62. The maximum Gasteiger partial charge on any atom is 0.314 e. The van der Waals surface area contributed by atoms with Gasteiger partial charge in [0, 0.05) is 30.6 Å². The monoisotopic (exact) mass is 283 g/mol. The highest BCUT2D eigenvalue weighted by Crippen LogP contribution is 2.07. The molecule has 0 unspecified atom stereocenters. The molecule has 1 heterocycles. The van der Waals surface area contributed by atoms with Crippen molar-refractivity contribution in [2.45, 2.75) is 33.2 Å². The molecular formula is C14H25N3OS. The van der Waals surface area contributed by atoms with Crippen molar-refractivity contribution in [1.82, 2.24) is 15.5 Å². The maximum absolute atomic E-state index is 11.6. The lowest BCUT2D eigenvalue weighted by molar-refractivity contribution is 0.222. The number of nitrogens with one attached hydrogen (secondary N) is 2. The highest BCUT2D eigenvalue weighted by atomic mass is 32.1. The molecule has 2 N–H and O–H groups in total. The van der Waals surface area contributed by atoms with Crippen molar-refractivity contribution in [3.8, 4) is 0 Å². The van der Waals surface area contributed by atoms with Crippen LogP contribution in [0, 0.1) is 0 Å². The van der Waals surface area contributed by atoms with Gasteiger partial charge in [-0.2, -0.15) is 0 Å². The molecule has 0 fully saturated rings. The lowest BCUT2D eigenvalue weighted by atomic mass is 10.3. The average molecular weight is 283 g/mol. The van der Waals surface area contributed by atoms with Crippen LogP contribution in [0.4, 0.5) is 4.79 Å². The lowest BCUT2D eigenvalue weighted by Gasteiger charge is -2.24. The summed E-state index contributed by atoms with van der Waals surface area (Å²) in [5, 5.41) is 7.83. The van der Waals surface area contributed by atoms with Gasteiger partial charge in [0.25, 0.3) is 0 Å². The van der Waals surface area contributed by atoms with Crippen LogP contribution in [0.15, 0.2) is 17.5 Å². The van der Waals surface area contributed by atoms with Crippen molar-refractivity contribution >= 4 is 17.4 Å². The molecule has 0 aliphatic carbocycles. The van der Waals surface area contributed by atoms with Gasteiger partial charge in [-0.25, -0.2) is 4.79 Å². The minimum atomic E-state index is -0.0728. The zero-order chi connectivity index (χ0) is 14.1. The van der Waals surface area contributed by atoms with Gasteiger partial charge in [0.1, 0.15) is 0 Å². The Balaban J connectivity index is 2.07. The van der Waals surface area contributed by atoms with Gasteiger partial charge in [0.15, 0.2) is 0 Å². The number of hydrogen-bond acceptors (Lipinski definition) is 3. The number of rotatable bonds is 8. The number of nitrogens with zero attached hydrogens (tertiary/aromatic N) is 1. The number of thiophene rings is 1. The van der Waals surface area contributed by atoms with Crippen LogP contribution in [0.2, 0.25) is 0 Å². The Hall–Kier alpha value is -1.07. The number of carbonyl (C=O) groups excluding carboxylic acids is 1. The summed E-state index contributed by atoms with van der Waals surface area (Å²) in [7, 11) is 0. The van der Waals surface area contributed by atoms with Crippen LogP contribution in [0.1, 0.15) is 25.6 Å². The van der Waals surface area contributed by atoms with E-state index in [1.807, 2.05) is 6.07 Å². The van der Waals surface area contributed by atoms with Crippen molar-refractivity contribution in [3.05, 3.63) is 22.4 Å². The van der Waals surface area contributed by atoms with E-state index in [4.69, 9.17) is 0 Å². The number of hydrogen-bond donors (Lipinski definition) is 2. The van der Waals surface area contributed by atoms with Crippen LogP contribution in [-0.4, -0.2) is 43.2 Å². The summed E-state index contributed by atoms with van der Waals surface area (Å²) < 4.78 is 0. The zero-order valence-corrected chi connectivity index (χ0v) is 12.9. The molecule has 5 heteroatoms. The second-order valence-electron chi connectivity index (χ2n) is 4.73. The summed E-state index contributed by atoms with van der Waals surface area (Å²) in [6.45, 7) is 9.77. The first-order chi connectivity index (χ1) is 9.13. The second kappa shape index (κ2) is 8.93. The Kier molecular flexibility index (Phi) is 7.52. The Morgan fingerprint density at radius 1 is 1.37 bits per heavy atom. The van der Waals surface area contributed by atoms with Gasteiger partial charge >= 0.3 is 6.03 Å². The van der Waals surface area contributed by atoms with Gasteiger partial charge < -0.3 is 10.6 Å². The van der Waals surface area contributed by atoms with Crippen molar-refractivity contribution in [2.75, 3.05) is 26.2 Å². The Labute approximate surface area is 120 Å². The zero-order valence-electron chi connectivity index (χ0n) is 12.1. The molecule has 1 rings (SSSR count). The Morgan fingerprint density at radius 3 is 2.68 bits per heavy atom. The molecule has 0 aliphatic heterocycles. The Bertz CT molecular complexity index is 352. The van der Waals surface area contributed by atoms with E-state index in [0.717, 1.165) is 19.5 Å². The molecule has 0 aromatic carbocycles. The van der Waals surface area contributed by atoms with E-state index in [2.05, 4.69) is 47.8 Å². The molecule has 4 nitrogen and oxygen atoms in total. The molecule has 1 aromatic rings. The SMILES string of the molecule is CCN(CCNC(=O)NCCc1cccs1)C(C)C. The van der Waals surface area contributed by atoms with E-state index in [1.54, 1.807) is 11.3 Å². The van der Waals surface area contributed by atoms with Crippen molar-refractivity contribution in [2.24, 2.45) is 0 Å². The van der Waals surface area contributed by atoms with Crippen LogP contribution in [0.25, 0.3) is 0 Å². The molecular weight excluding hydrogens is 258 g/mol. The van der Waals surface area contributed by atoms with Gasteiger partial charge in [0.2, 0.25) is 0 Å². The quantitative estimate of drug-likeness (QED) is 0.769. The van der Waals surface area contributed by atoms with Gasteiger partial charge in [-0.3, -0.25) is 4.90 Å². The van der Waals surface area contributed by atoms with Gasteiger partial charge in [0.05, 0.1) is 0 Å². The minimum Gasteiger partial charge on any atom is -0.338 e. The number of urea groups is 1. The van der Waals surface area contributed by atoms with Crippen LogP contribution in [0.5, 0.6) is 0 Å². The first kappa shape index (κ1) is 16.0. The molecule has 108 valence electrons. The van der Waals surface area contributed by atoms with E-state index in [0.29, 0.717) is 19.1 Å². The fourth-order valence-electron chi connectivity index (χ4n) is 1.91. The predicted octanol–water partition coefficient (Wildman–Crippen LogP) is 2.32. The van der Waals surface area contributed by atoms with Crippen molar-refractivity contribution in [1.29, 1.82) is 0 Å². The lowest BCUT2D eigenvalue weighted by Crippen LogP contribution is -2.42. The van der Waals surface area contributed by atoms with Crippen LogP contribution >= 0.6 is 11.3 Å². The summed E-state index contributed by atoms with van der Waals surface area (Å²) >= 11 is 1.72. The smallest absolute Gasteiger partial charge is 0.314 e. The summed E-state index contributed by atoms with van der Waals surface area (Å²) in [6.07, 6.45) is 0.901. The molecule has 0 saturated heterocycles. The first-order valence-electron chi connectivity index (χ1n) is 6.91. The third-order valence-electron chi connectivity index (χ3n) is 3.06. The normalized spacial score (nSPS) is 11.0. The summed E-state index contributed by atoms with van der Waals surface area (Å²) in [6, 6.07) is 4.57. The summed E-state index contributed by atoms with van der Waals surface area (Å²) in [5.41, 5.74) is 0. The molecule has 0 bridgehead atoms. The van der Waals surface area contributed by atoms with E-state index in [-0.39, 0.29) is 6.03 Å². The maximum atomic E-state index is 11.6. The van der Waals surface area contributed by atoms with Crippen molar-refractivity contribution in [3.63, 3.8) is 0 Å². The highest BCUT2D eigenvalue weighted by molar-refractivity contribution is 7.09. The third-order valence-corrected chi connectivity index (χ3v) is 3.99. The van der Waals surface area contributed by atoms with Gasteiger partial charge in [-0.15, -0.1) is 11.3 Å². The van der Waals surface area contributed by atoms with Crippen LogP contribution < -0.4 is 10.6 Å².